The lowest BCUT2D eigenvalue weighted by Crippen LogP contribution is -2.40. The van der Waals surface area contributed by atoms with Gasteiger partial charge in [-0.05, 0) is 24.3 Å². The van der Waals surface area contributed by atoms with Crippen LogP contribution in [-0.2, 0) is 0 Å². The highest BCUT2D eigenvalue weighted by Gasteiger charge is 2.57. The van der Waals surface area contributed by atoms with Gasteiger partial charge in [0.05, 0.1) is 0 Å². The van der Waals surface area contributed by atoms with E-state index in [0.717, 1.165) is 0 Å². The van der Waals surface area contributed by atoms with Gasteiger partial charge in [-0.15, -0.1) is 0 Å². The first kappa shape index (κ1) is 15.1. The van der Waals surface area contributed by atoms with Gasteiger partial charge >= 0.3 is 12.4 Å². The van der Waals surface area contributed by atoms with Crippen molar-refractivity contribution in [2.45, 2.75) is 12.4 Å². The Hall–Kier alpha value is -0.920. The van der Waals surface area contributed by atoms with Crippen molar-refractivity contribution in [3.05, 3.63) is 28.7 Å². The van der Waals surface area contributed by atoms with Crippen LogP contribution in [0.2, 0.25) is 0 Å². The highest BCUT2D eigenvalue weighted by Crippen LogP contribution is 2.39. The summed E-state index contributed by atoms with van der Waals surface area (Å²) >= 11 is 3.07. The number of halogens is 7. The fourth-order valence-electron chi connectivity index (χ4n) is 1.08. The van der Waals surface area contributed by atoms with Crippen LogP contribution in [0.25, 0.3) is 0 Å². The number of benzene rings is 1. The smallest absolute Gasteiger partial charge is 0.403 e. The molecular formula is C10H7BrF6O. The molecule has 0 unspecified atom stereocenters. The molecule has 0 heterocycles. The first-order valence-electron chi connectivity index (χ1n) is 4.62. The first-order chi connectivity index (χ1) is 8.10. The zero-order valence-corrected chi connectivity index (χ0v) is 10.2. The highest BCUT2D eigenvalue weighted by molar-refractivity contribution is 9.10. The molecule has 1 aromatic carbocycles. The summed E-state index contributed by atoms with van der Waals surface area (Å²) in [5.74, 6) is -3.55. The molecule has 0 N–H and O–H groups in total. The molecule has 0 bridgehead atoms. The second kappa shape index (κ2) is 5.38. The molecule has 18 heavy (non-hydrogen) atoms. The molecule has 0 saturated carbocycles. The molecule has 0 atom stereocenters. The van der Waals surface area contributed by atoms with Crippen LogP contribution in [-0.4, -0.2) is 19.0 Å². The lowest BCUT2D eigenvalue weighted by Gasteiger charge is -2.22. The van der Waals surface area contributed by atoms with Crippen LogP contribution in [0.4, 0.5) is 26.3 Å². The van der Waals surface area contributed by atoms with Crippen molar-refractivity contribution in [2.75, 3.05) is 6.61 Å². The number of alkyl halides is 6. The van der Waals surface area contributed by atoms with Crippen LogP contribution in [0.15, 0.2) is 28.7 Å². The van der Waals surface area contributed by atoms with Gasteiger partial charge in [-0.3, -0.25) is 0 Å². The normalized spacial score (nSPS) is 12.9. The third kappa shape index (κ3) is 4.40. The summed E-state index contributed by atoms with van der Waals surface area (Å²) in [6.45, 7) is -1.49. The lowest BCUT2D eigenvalue weighted by atomic mass is 10.1. The standard InChI is InChI=1S/C10H7BrF6O/c11-6-1-3-7(4-2-6)18-5-8(9(12,13)14)10(15,16)17/h1-4,8H,5H2. The van der Waals surface area contributed by atoms with Gasteiger partial charge in [0.2, 0.25) is 0 Å². The SMILES string of the molecule is FC(F)(F)C(COc1ccc(Br)cc1)C(F)(F)F. The van der Waals surface area contributed by atoms with Crippen molar-refractivity contribution in [3.63, 3.8) is 0 Å². The quantitative estimate of drug-likeness (QED) is 0.735. The molecule has 0 aliphatic rings. The minimum atomic E-state index is -5.38. The number of hydrogen-bond donors (Lipinski definition) is 0. The van der Waals surface area contributed by atoms with Gasteiger partial charge in [-0.1, -0.05) is 15.9 Å². The summed E-state index contributed by atoms with van der Waals surface area (Å²) in [7, 11) is 0. The van der Waals surface area contributed by atoms with Crippen molar-refractivity contribution in [3.8, 4) is 5.75 Å². The summed E-state index contributed by atoms with van der Waals surface area (Å²) in [5.41, 5.74) is 0. The molecule has 1 rings (SSSR count). The lowest BCUT2D eigenvalue weighted by molar-refractivity contribution is -0.289. The van der Waals surface area contributed by atoms with Gasteiger partial charge < -0.3 is 4.74 Å². The summed E-state index contributed by atoms with van der Waals surface area (Å²) in [4.78, 5) is 0. The largest absolute Gasteiger partial charge is 0.493 e. The van der Waals surface area contributed by atoms with Gasteiger partial charge in [0.25, 0.3) is 0 Å². The molecule has 8 heteroatoms. The van der Waals surface area contributed by atoms with Gasteiger partial charge in [0.15, 0.2) is 5.92 Å². The summed E-state index contributed by atoms with van der Waals surface area (Å²) in [5, 5.41) is 0. The van der Waals surface area contributed by atoms with Gasteiger partial charge in [-0.2, -0.15) is 26.3 Å². The molecule has 102 valence electrons. The molecular weight excluding hydrogens is 330 g/mol. The Bertz CT molecular complexity index is 369. The molecule has 0 aliphatic heterocycles. The van der Waals surface area contributed by atoms with E-state index >= 15 is 0 Å². The molecule has 1 aromatic rings. The molecule has 0 aromatic heterocycles. The van der Waals surface area contributed by atoms with Gasteiger partial charge in [0.1, 0.15) is 12.4 Å². The van der Waals surface area contributed by atoms with Crippen molar-refractivity contribution >= 4 is 15.9 Å². The Kier molecular flexibility index (Phi) is 4.52. The van der Waals surface area contributed by atoms with E-state index < -0.39 is 24.9 Å². The topological polar surface area (TPSA) is 9.23 Å². The van der Waals surface area contributed by atoms with Gasteiger partial charge in [0, 0.05) is 4.47 Å². The Labute approximate surface area is 107 Å². The Balaban J connectivity index is 2.72. The second-order valence-corrected chi connectivity index (χ2v) is 4.32. The van der Waals surface area contributed by atoms with E-state index in [1.54, 1.807) is 0 Å². The predicted octanol–water partition coefficient (Wildman–Crippen LogP) is 4.57. The predicted molar refractivity (Wildman–Crippen MR) is 55.2 cm³/mol. The molecule has 0 saturated heterocycles. The minimum absolute atomic E-state index is 0.0586. The van der Waals surface area contributed by atoms with E-state index in [-0.39, 0.29) is 5.75 Å². The van der Waals surface area contributed by atoms with Gasteiger partial charge in [-0.25, -0.2) is 0 Å². The highest BCUT2D eigenvalue weighted by atomic mass is 79.9. The van der Waals surface area contributed by atoms with Crippen LogP contribution in [0.5, 0.6) is 5.75 Å². The molecule has 0 fully saturated rings. The summed E-state index contributed by atoms with van der Waals surface area (Å²) < 4.78 is 78.2. The Morgan fingerprint density at radius 3 is 1.78 bits per heavy atom. The molecule has 0 radical (unpaired) electrons. The van der Waals surface area contributed by atoms with Crippen molar-refractivity contribution in [1.82, 2.24) is 0 Å². The van der Waals surface area contributed by atoms with Crippen LogP contribution in [0.1, 0.15) is 0 Å². The van der Waals surface area contributed by atoms with Crippen LogP contribution >= 0.6 is 15.9 Å². The average Bonchev–Trinajstić information content (AvgIpc) is 2.17. The summed E-state index contributed by atoms with van der Waals surface area (Å²) in [6, 6.07) is 5.44. The maximum absolute atomic E-state index is 12.2. The van der Waals surface area contributed by atoms with Crippen molar-refractivity contribution < 1.29 is 31.1 Å². The third-order valence-corrected chi connectivity index (χ3v) is 2.55. The van der Waals surface area contributed by atoms with E-state index in [1.165, 1.54) is 24.3 Å². The number of ether oxygens (including phenoxy) is 1. The molecule has 1 nitrogen and oxygen atoms in total. The molecule has 0 aliphatic carbocycles. The fraction of sp³-hybridized carbons (Fsp3) is 0.400. The van der Waals surface area contributed by atoms with Crippen LogP contribution in [0.3, 0.4) is 0 Å². The average molecular weight is 337 g/mol. The summed E-state index contributed by atoms with van der Waals surface area (Å²) in [6.07, 6.45) is -10.8. The monoisotopic (exact) mass is 336 g/mol. The molecule has 0 spiro atoms. The maximum Gasteiger partial charge on any atom is 0.403 e. The Morgan fingerprint density at radius 1 is 0.944 bits per heavy atom. The van der Waals surface area contributed by atoms with Crippen molar-refractivity contribution in [1.29, 1.82) is 0 Å². The molecule has 0 amide bonds. The zero-order chi connectivity index (χ0) is 14.0. The van der Waals surface area contributed by atoms with E-state index in [4.69, 9.17) is 0 Å². The van der Waals surface area contributed by atoms with E-state index in [0.29, 0.717) is 4.47 Å². The van der Waals surface area contributed by atoms with Crippen LogP contribution < -0.4 is 4.74 Å². The van der Waals surface area contributed by atoms with E-state index in [2.05, 4.69) is 20.7 Å². The minimum Gasteiger partial charge on any atom is -0.493 e. The fourth-order valence-corrected chi connectivity index (χ4v) is 1.35. The maximum atomic E-state index is 12.2. The third-order valence-electron chi connectivity index (χ3n) is 2.02. The zero-order valence-electron chi connectivity index (χ0n) is 8.65. The van der Waals surface area contributed by atoms with E-state index in [1.807, 2.05) is 0 Å². The number of rotatable bonds is 3. The van der Waals surface area contributed by atoms with E-state index in [9.17, 15) is 26.3 Å². The van der Waals surface area contributed by atoms with Crippen LogP contribution in [0, 0.1) is 5.92 Å². The first-order valence-corrected chi connectivity index (χ1v) is 5.42. The second-order valence-electron chi connectivity index (χ2n) is 3.40. The Morgan fingerprint density at radius 2 is 1.39 bits per heavy atom. The number of hydrogen-bond acceptors (Lipinski definition) is 1. The van der Waals surface area contributed by atoms with Crippen molar-refractivity contribution in [2.24, 2.45) is 5.92 Å².